The van der Waals surface area contributed by atoms with Crippen molar-refractivity contribution in [1.29, 1.82) is 0 Å². The molecule has 0 radical (unpaired) electrons. The molecule has 1 fully saturated rings. The van der Waals surface area contributed by atoms with Gasteiger partial charge in [-0.25, -0.2) is 0 Å². The molecular weight excluding hydrogens is 422 g/mol. The Hall–Kier alpha value is -2.63. The fraction of sp³-hybridized carbons (Fsp3) is 0.483. The predicted molar refractivity (Wildman–Crippen MR) is 142 cm³/mol. The second-order valence-electron chi connectivity index (χ2n) is 8.91. The Bertz CT molecular complexity index is 970. The molecule has 184 valence electrons. The van der Waals surface area contributed by atoms with Gasteiger partial charge in [-0.3, -0.25) is 9.89 Å². The van der Waals surface area contributed by atoms with E-state index < -0.39 is 0 Å². The minimum atomic E-state index is 0.212. The first-order valence-corrected chi connectivity index (χ1v) is 12.5. The van der Waals surface area contributed by atoms with E-state index in [0.29, 0.717) is 6.61 Å². The summed E-state index contributed by atoms with van der Waals surface area (Å²) in [6.07, 6.45) is 8.93. The van der Waals surface area contributed by atoms with Gasteiger partial charge in [0.1, 0.15) is 11.6 Å². The van der Waals surface area contributed by atoms with Gasteiger partial charge >= 0.3 is 0 Å². The topological polar surface area (TPSA) is 46.1 Å². The molecule has 0 aromatic heterocycles. The normalized spacial score (nSPS) is 20.3. The zero-order valence-electron chi connectivity index (χ0n) is 21.6. The van der Waals surface area contributed by atoms with E-state index in [1.165, 1.54) is 22.3 Å². The predicted octanol–water partition coefficient (Wildman–Crippen LogP) is 5.98. The van der Waals surface area contributed by atoms with E-state index in [1.807, 2.05) is 19.2 Å². The lowest BCUT2D eigenvalue weighted by molar-refractivity contribution is -0.00268. The van der Waals surface area contributed by atoms with E-state index in [-0.39, 0.29) is 6.04 Å². The summed E-state index contributed by atoms with van der Waals surface area (Å²) in [6, 6.07) is 8.52. The van der Waals surface area contributed by atoms with Crippen LogP contribution >= 0.6 is 0 Å². The number of allylic oxidation sites excluding steroid dienone is 3. The van der Waals surface area contributed by atoms with E-state index >= 15 is 0 Å². The number of nitrogens with zero attached hydrogens (tertiary/aromatic N) is 2. The number of aliphatic imine (C=N–C) groups is 1. The lowest BCUT2D eigenvalue weighted by Gasteiger charge is -2.35. The van der Waals surface area contributed by atoms with Gasteiger partial charge in [0.2, 0.25) is 0 Å². The number of ether oxygens (including phenoxy) is 2. The summed E-state index contributed by atoms with van der Waals surface area (Å²) >= 11 is 0. The molecule has 1 aromatic carbocycles. The van der Waals surface area contributed by atoms with Crippen LogP contribution in [0.3, 0.4) is 0 Å². The van der Waals surface area contributed by atoms with Crippen molar-refractivity contribution in [3.8, 4) is 5.75 Å². The summed E-state index contributed by atoms with van der Waals surface area (Å²) in [5.41, 5.74) is 7.46. The Labute approximate surface area is 205 Å². The highest BCUT2D eigenvalue weighted by Gasteiger charge is 2.24. The Balaban J connectivity index is 1.81. The molecule has 0 spiro atoms. The summed E-state index contributed by atoms with van der Waals surface area (Å²) in [7, 11) is 3.57. The molecule has 1 aliphatic carbocycles. The molecule has 5 heteroatoms. The molecule has 1 atom stereocenters. The minimum absolute atomic E-state index is 0.212. The molecular formula is C29H41N3O2. The number of hydrogen-bond donors (Lipinski definition) is 1. The van der Waals surface area contributed by atoms with Crippen LogP contribution in [0.1, 0.15) is 58.1 Å². The Morgan fingerprint density at radius 2 is 2.03 bits per heavy atom. The smallest absolute Gasteiger partial charge is 0.132 e. The van der Waals surface area contributed by atoms with Crippen LogP contribution in [-0.2, 0) is 4.74 Å². The molecule has 0 saturated carbocycles. The number of benzene rings is 1. The standard InChI is InChI=1S/C29H41N3O2/c1-7-22-10-9-11-23(8-2)28(22)29(30-5)31-26(21(3)4)16-17-32-18-19-34-20-27(32)24-12-14-25(33-6)15-13-24/h10,12-16,27H,3,7-9,11,17-20H2,1-2,4-6H3,(H,30,31)/b26-16+. The third-order valence-corrected chi connectivity index (χ3v) is 6.76. The highest BCUT2D eigenvalue weighted by molar-refractivity contribution is 6.04. The molecule has 1 aliphatic heterocycles. The van der Waals surface area contributed by atoms with Gasteiger partial charge in [-0.15, -0.1) is 0 Å². The summed E-state index contributed by atoms with van der Waals surface area (Å²) in [5.74, 6) is 1.82. The van der Waals surface area contributed by atoms with Crippen LogP contribution in [-0.4, -0.2) is 51.2 Å². The van der Waals surface area contributed by atoms with E-state index in [0.717, 1.165) is 68.2 Å². The SMILES string of the molecule is C=C(C)/C(=C\CN1CCOCC1c1ccc(OC)cc1)NC(=NC)C1=C(CC)CCC=C1CC. The molecule has 34 heavy (non-hydrogen) atoms. The van der Waals surface area contributed by atoms with Gasteiger partial charge in [-0.1, -0.05) is 44.2 Å². The van der Waals surface area contributed by atoms with Crippen LogP contribution in [0.15, 0.2) is 76.0 Å². The fourth-order valence-electron chi connectivity index (χ4n) is 4.76. The maximum absolute atomic E-state index is 5.83. The van der Waals surface area contributed by atoms with Gasteiger partial charge in [0.05, 0.1) is 26.4 Å². The second-order valence-corrected chi connectivity index (χ2v) is 8.91. The van der Waals surface area contributed by atoms with Crippen molar-refractivity contribution in [3.05, 3.63) is 76.5 Å². The second kappa shape index (κ2) is 12.7. The van der Waals surface area contributed by atoms with Crippen LogP contribution in [0.4, 0.5) is 0 Å². The molecule has 3 rings (SSSR count). The molecule has 1 aromatic rings. The molecule has 1 unspecified atom stereocenters. The van der Waals surface area contributed by atoms with Gasteiger partial charge < -0.3 is 14.8 Å². The molecule has 0 bridgehead atoms. The first kappa shape index (κ1) is 26.0. The number of hydrogen-bond acceptors (Lipinski definition) is 4. The van der Waals surface area contributed by atoms with Gasteiger partial charge in [0.25, 0.3) is 0 Å². The highest BCUT2D eigenvalue weighted by Crippen LogP contribution is 2.30. The largest absolute Gasteiger partial charge is 0.497 e. The first-order chi connectivity index (χ1) is 16.5. The van der Waals surface area contributed by atoms with Gasteiger partial charge in [0, 0.05) is 31.4 Å². The number of morpholine rings is 1. The van der Waals surface area contributed by atoms with Gasteiger partial charge in [0.15, 0.2) is 0 Å². The molecule has 0 amide bonds. The zero-order valence-corrected chi connectivity index (χ0v) is 21.6. The van der Waals surface area contributed by atoms with Crippen LogP contribution < -0.4 is 10.1 Å². The summed E-state index contributed by atoms with van der Waals surface area (Å²) in [6.45, 7) is 13.9. The monoisotopic (exact) mass is 463 g/mol. The molecule has 1 N–H and O–H groups in total. The van der Waals surface area contributed by atoms with Gasteiger partial charge in [-0.2, -0.15) is 0 Å². The van der Waals surface area contributed by atoms with Crippen molar-refractivity contribution in [2.75, 3.05) is 40.5 Å². The van der Waals surface area contributed by atoms with Crippen LogP contribution in [0.2, 0.25) is 0 Å². The summed E-state index contributed by atoms with van der Waals surface area (Å²) in [5, 5.41) is 3.65. The number of methoxy groups -OCH3 is 1. The van der Waals surface area contributed by atoms with Crippen molar-refractivity contribution in [1.82, 2.24) is 10.2 Å². The lowest BCUT2D eigenvalue weighted by Crippen LogP contribution is -2.40. The minimum Gasteiger partial charge on any atom is -0.497 e. The molecule has 2 aliphatic rings. The lowest BCUT2D eigenvalue weighted by atomic mass is 9.87. The third kappa shape index (κ3) is 6.28. The first-order valence-electron chi connectivity index (χ1n) is 12.5. The fourth-order valence-corrected chi connectivity index (χ4v) is 4.76. The maximum Gasteiger partial charge on any atom is 0.132 e. The average Bonchev–Trinajstić information content (AvgIpc) is 2.88. The van der Waals surface area contributed by atoms with E-state index in [9.17, 15) is 0 Å². The Kier molecular flexibility index (Phi) is 9.73. The molecule has 1 heterocycles. The number of rotatable bonds is 9. The average molecular weight is 464 g/mol. The Morgan fingerprint density at radius 1 is 1.26 bits per heavy atom. The van der Waals surface area contributed by atoms with Crippen LogP contribution in [0, 0.1) is 0 Å². The van der Waals surface area contributed by atoms with Crippen molar-refractivity contribution in [3.63, 3.8) is 0 Å². The quantitative estimate of drug-likeness (QED) is 0.278. The van der Waals surface area contributed by atoms with Crippen LogP contribution in [0.5, 0.6) is 5.75 Å². The maximum atomic E-state index is 5.83. The molecule has 5 nitrogen and oxygen atoms in total. The van der Waals surface area contributed by atoms with Crippen molar-refractivity contribution < 1.29 is 9.47 Å². The van der Waals surface area contributed by atoms with Crippen LogP contribution in [0.25, 0.3) is 0 Å². The van der Waals surface area contributed by atoms with E-state index in [4.69, 9.17) is 9.47 Å². The Morgan fingerprint density at radius 3 is 2.65 bits per heavy atom. The van der Waals surface area contributed by atoms with Crippen molar-refractivity contribution >= 4 is 5.84 Å². The molecule has 1 saturated heterocycles. The van der Waals surface area contributed by atoms with E-state index in [1.54, 1.807) is 7.11 Å². The summed E-state index contributed by atoms with van der Waals surface area (Å²) in [4.78, 5) is 7.15. The number of amidine groups is 1. The summed E-state index contributed by atoms with van der Waals surface area (Å²) < 4.78 is 11.2. The third-order valence-electron chi connectivity index (χ3n) is 6.76. The van der Waals surface area contributed by atoms with Crippen molar-refractivity contribution in [2.24, 2.45) is 4.99 Å². The van der Waals surface area contributed by atoms with E-state index in [2.05, 4.69) is 66.8 Å². The highest BCUT2D eigenvalue weighted by atomic mass is 16.5. The van der Waals surface area contributed by atoms with Gasteiger partial charge in [-0.05, 0) is 67.5 Å². The zero-order chi connectivity index (χ0) is 24.5. The van der Waals surface area contributed by atoms with Crippen molar-refractivity contribution in [2.45, 2.75) is 52.5 Å². The number of nitrogens with one attached hydrogen (secondary N) is 1.